The Morgan fingerprint density at radius 2 is 1.93 bits per heavy atom. The molecule has 0 unspecified atom stereocenters. The molecule has 4 rings (SSSR count). The minimum atomic E-state index is -0.559. The highest BCUT2D eigenvalue weighted by molar-refractivity contribution is 5.96. The Labute approximate surface area is 174 Å². The average molecular weight is 411 g/mol. The number of primary amides is 1. The van der Waals surface area contributed by atoms with Crippen LogP contribution >= 0.6 is 0 Å². The minimum Gasteiger partial charge on any atom is -0.491 e. The molecule has 1 saturated heterocycles. The summed E-state index contributed by atoms with van der Waals surface area (Å²) in [6.07, 6.45) is 5.53. The quantitative estimate of drug-likeness (QED) is 0.572. The Hall–Kier alpha value is -3.10. The lowest BCUT2D eigenvalue weighted by Gasteiger charge is -2.22. The molecule has 1 aromatic carbocycles. The van der Waals surface area contributed by atoms with Crippen LogP contribution in [0.2, 0.25) is 0 Å². The number of nitrogens with zero attached hydrogens (tertiary/aromatic N) is 2. The second-order valence-electron chi connectivity index (χ2n) is 7.12. The molecule has 0 spiro atoms. The average Bonchev–Trinajstić information content (AvgIpc) is 3.12. The zero-order valence-corrected chi connectivity index (χ0v) is 16.9. The largest absolute Gasteiger partial charge is 0.491 e. The van der Waals surface area contributed by atoms with Gasteiger partial charge in [-0.25, -0.2) is 4.98 Å². The summed E-state index contributed by atoms with van der Waals surface area (Å²) in [5, 5.41) is 0. The molecule has 30 heavy (non-hydrogen) atoms. The summed E-state index contributed by atoms with van der Waals surface area (Å²) in [4.78, 5) is 16.1. The standard InChI is InChI=1S/C22H25N3O5/c1-15-24-13-16-12-20(22(23)26)21(14-25(15)16)30-19-4-2-17(3-5-19)28-10-11-29-18-6-8-27-9-7-18/h2-5,12-14,18H,6-11H2,1H3,(H2,23,26). The summed E-state index contributed by atoms with van der Waals surface area (Å²) in [5.74, 6) is 1.89. The van der Waals surface area contributed by atoms with E-state index in [1.165, 1.54) is 0 Å². The lowest BCUT2D eigenvalue weighted by Crippen LogP contribution is -2.25. The molecule has 2 aromatic heterocycles. The molecule has 0 bridgehead atoms. The highest BCUT2D eigenvalue weighted by Crippen LogP contribution is 2.28. The summed E-state index contributed by atoms with van der Waals surface area (Å²) in [7, 11) is 0. The van der Waals surface area contributed by atoms with Crippen molar-refractivity contribution in [2.75, 3.05) is 26.4 Å². The van der Waals surface area contributed by atoms with Crippen LogP contribution in [-0.4, -0.2) is 47.8 Å². The number of hydrogen-bond donors (Lipinski definition) is 1. The molecule has 158 valence electrons. The van der Waals surface area contributed by atoms with Gasteiger partial charge in [-0.2, -0.15) is 0 Å². The molecular weight excluding hydrogens is 386 g/mol. The second kappa shape index (κ2) is 9.15. The Balaban J connectivity index is 1.36. The smallest absolute Gasteiger partial charge is 0.252 e. The first-order valence-electron chi connectivity index (χ1n) is 9.98. The summed E-state index contributed by atoms with van der Waals surface area (Å²) >= 11 is 0. The minimum absolute atomic E-state index is 0.258. The lowest BCUT2D eigenvalue weighted by atomic mass is 10.2. The van der Waals surface area contributed by atoms with Gasteiger partial charge in [0.05, 0.1) is 36.2 Å². The van der Waals surface area contributed by atoms with E-state index in [1.54, 1.807) is 30.6 Å². The van der Waals surface area contributed by atoms with E-state index in [-0.39, 0.29) is 6.10 Å². The molecule has 3 heterocycles. The fourth-order valence-corrected chi connectivity index (χ4v) is 3.37. The van der Waals surface area contributed by atoms with E-state index in [0.29, 0.717) is 36.0 Å². The Bertz CT molecular complexity index is 1010. The van der Waals surface area contributed by atoms with Gasteiger partial charge >= 0.3 is 0 Å². The highest BCUT2D eigenvalue weighted by Gasteiger charge is 2.15. The van der Waals surface area contributed by atoms with Gasteiger partial charge in [0, 0.05) is 13.2 Å². The van der Waals surface area contributed by atoms with Gasteiger partial charge in [0.1, 0.15) is 23.9 Å². The van der Waals surface area contributed by atoms with Crippen LogP contribution < -0.4 is 15.2 Å². The van der Waals surface area contributed by atoms with Crippen molar-refractivity contribution in [2.24, 2.45) is 5.73 Å². The van der Waals surface area contributed by atoms with Gasteiger partial charge < -0.3 is 29.1 Å². The maximum absolute atomic E-state index is 11.9. The number of hydrogen-bond acceptors (Lipinski definition) is 6. The molecule has 0 aliphatic carbocycles. The van der Waals surface area contributed by atoms with Crippen molar-refractivity contribution >= 4 is 11.4 Å². The second-order valence-corrected chi connectivity index (χ2v) is 7.12. The number of rotatable bonds is 8. The third-order valence-corrected chi connectivity index (χ3v) is 5.01. The number of ether oxygens (including phenoxy) is 4. The number of aryl methyl sites for hydroxylation is 1. The molecule has 3 aromatic rings. The highest BCUT2D eigenvalue weighted by atomic mass is 16.5. The molecule has 8 nitrogen and oxygen atoms in total. The fourth-order valence-electron chi connectivity index (χ4n) is 3.37. The molecule has 8 heteroatoms. The monoisotopic (exact) mass is 411 g/mol. The third-order valence-electron chi connectivity index (χ3n) is 5.01. The van der Waals surface area contributed by atoms with Crippen molar-refractivity contribution in [3.63, 3.8) is 0 Å². The van der Waals surface area contributed by atoms with Gasteiger partial charge in [-0.1, -0.05) is 0 Å². The molecule has 1 aliphatic rings. The van der Waals surface area contributed by atoms with E-state index >= 15 is 0 Å². The number of carbonyl (C=O) groups excluding carboxylic acids is 1. The van der Waals surface area contributed by atoms with Crippen LogP contribution in [0.4, 0.5) is 0 Å². The van der Waals surface area contributed by atoms with Gasteiger partial charge in [-0.15, -0.1) is 0 Å². The first kappa shape index (κ1) is 20.2. The fraction of sp³-hybridized carbons (Fsp3) is 0.364. The zero-order valence-electron chi connectivity index (χ0n) is 16.9. The molecule has 1 amide bonds. The SMILES string of the molecule is Cc1ncc2cc(C(N)=O)c(Oc3ccc(OCCOC4CCOCC4)cc3)cn12. The maximum atomic E-state index is 11.9. The number of carbonyl (C=O) groups is 1. The lowest BCUT2D eigenvalue weighted by molar-refractivity contribution is -0.0388. The first-order chi connectivity index (χ1) is 14.6. The van der Waals surface area contributed by atoms with Gasteiger partial charge in [-0.05, 0) is 50.1 Å². The molecule has 0 atom stereocenters. The van der Waals surface area contributed by atoms with Crippen LogP contribution in [0.3, 0.4) is 0 Å². The zero-order chi connectivity index (χ0) is 20.9. The number of pyridine rings is 1. The van der Waals surface area contributed by atoms with Crippen molar-refractivity contribution in [1.29, 1.82) is 0 Å². The van der Waals surface area contributed by atoms with E-state index in [0.717, 1.165) is 37.4 Å². The van der Waals surface area contributed by atoms with Crippen LogP contribution in [0.15, 0.2) is 42.7 Å². The molecule has 1 fully saturated rings. The predicted octanol–water partition coefficient (Wildman–Crippen LogP) is 3.11. The van der Waals surface area contributed by atoms with E-state index < -0.39 is 5.91 Å². The number of fused-ring (bicyclic) bond motifs is 1. The van der Waals surface area contributed by atoms with Gasteiger partial charge in [-0.3, -0.25) is 4.79 Å². The summed E-state index contributed by atoms with van der Waals surface area (Å²) < 4.78 is 24.6. The Morgan fingerprint density at radius 3 is 2.67 bits per heavy atom. The summed E-state index contributed by atoms with van der Waals surface area (Å²) in [6, 6.07) is 8.87. The third kappa shape index (κ3) is 4.72. The van der Waals surface area contributed by atoms with Crippen molar-refractivity contribution in [2.45, 2.75) is 25.9 Å². The van der Waals surface area contributed by atoms with E-state index in [1.807, 2.05) is 23.5 Å². The number of aromatic nitrogens is 2. The van der Waals surface area contributed by atoms with E-state index in [2.05, 4.69) is 4.98 Å². The van der Waals surface area contributed by atoms with Gasteiger partial charge in [0.2, 0.25) is 0 Å². The summed E-state index contributed by atoms with van der Waals surface area (Å²) in [6.45, 7) is 4.41. The van der Waals surface area contributed by atoms with Crippen LogP contribution in [0.25, 0.3) is 5.52 Å². The predicted molar refractivity (Wildman–Crippen MR) is 110 cm³/mol. The molecule has 0 saturated carbocycles. The number of amides is 1. The number of imidazole rings is 1. The van der Waals surface area contributed by atoms with Crippen LogP contribution in [0.5, 0.6) is 17.2 Å². The summed E-state index contributed by atoms with van der Waals surface area (Å²) in [5.41, 5.74) is 6.60. The van der Waals surface area contributed by atoms with Gasteiger partial charge in [0.25, 0.3) is 5.91 Å². The van der Waals surface area contributed by atoms with Crippen LogP contribution in [-0.2, 0) is 9.47 Å². The van der Waals surface area contributed by atoms with Crippen molar-refractivity contribution in [1.82, 2.24) is 9.38 Å². The molecule has 0 radical (unpaired) electrons. The number of benzene rings is 1. The first-order valence-corrected chi connectivity index (χ1v) is 9.98. The van der Waals surface area contributed by atoms with Crippen LogP contribution in [0.1, 0.15) is 29.0 Å². The maximum Gasteiger partial charge on any atom is 0.252 e. The Kier molecular flexibility index (Phi) is 6.15. The number of nitrogens with two attached hydrogens (primary N) is 1. The Morgan fingerprint density at radius 1 is 1.20 bits per heavy atom. The topological polar surface area (TPSA) is 97.3 Å². The van der Waals surface area contributed by atoms with Crippen molar-refractivity contribution in [3.05, 3.63) is 54.1 Å². The van der Waals surface area contributed by atoms with Crippen LogP contribution in [0, 0.1) is 6.92 Å². The normalized spacial score (nSPS) is 14.7. The van der Waals surface area contributed by atoms with Gasteiger partial charge in [0.15, 0.2) is 5.75 Å². The van der Waals surface area contributed by atoms with Crippen molar-refractivity contribution < 1.29 is 23.7 Å². The van der Waals surface area contributed by atoms with E-state index in [9.17, 15) is 4.79 Å². The molecule has 1 aliphatic heterocycles. The van der Waals surface area contributed by atoms with Crippen molar-refractivity contribution in [3.8, 4) is 17.2 Å². The van der Waals surface area contributed by atoms with E-state index in [4.69, 9.17) is 24.7 Å². The molecule has 2 N–H and O–H groups in total. The molecular formula is C22H25N3O5.